The second kappa shape index (κ2) is 7.40. The Hall–Kier alpha value is -3.14. The van der Waals surface area contributed by atoms with Crippen molar-refractivity contribution in [2.24, 2.45) is 0 Å². The van der Waals surface area contributed by atoms with Gasteiger partial charge in [0.1, 0.15) is 11.6 Å². The number of anilines is 3. The lowest BCUT2D eigenvalue weighted by Gasteiger charge is -2.30. The SMILES string of the molecule is C=CCNc1cc(N2CCCc3ccccc32)nc(-c2ccccc2)n1. The summed E-state index contributed by atoms with van der Waals surface area (Å²) in [7, 11) is 0. The summed E-state index contributed by atoms with van der Waals surface area (Å²) in [5, 5.41) is 3.31. The molecule has 0 atom stereocenters. The molecule has 0 saturated heterocycles. The highest BCUT2D eigenvalue weighted by atomic mass is 15.2. The molecule has 4 heteroatoms. The number of hydrogen-bond acceptors (Lipinski definition) is 4. The largest absolute Gasteiger partial charge is 0.366 e. The summed E-state index contributed by atoms with van der Waals surface area (Å²) in [4.78, 5) is 11.9. The Morgan fingerprint density at radius 1 is 1.04 bits per heavy atom. The fraction of sp³-hybridized carbons (Fsp3) is 0.182. The normalized spacial score (nSPS) is 13.2. The van der Waals surface area contributed by atoms with Gasteiger partial charge >= 0.3 is 0 Å². The van der Waals surface area contributed by atoms with Crippen molar-refractivity contribution in [3.63, 3.8) is 0 Å². The van der Waals surface area contributed by atoms with Crippen molar-refractivity contribution in [3.8, 4) is 11.4 Å². The maximum absolute atomic E-state index is 4.88. The third-order valence-corrected chi connectivity index (χ3v) is 4.56. The summed E-state index contributed by atoms with van der Waals surface area (Å²) in [5.41, 5.74) is 3.63. The highest BCUT2D eigenvalue weighted by molar-refractivity contribution is 5.69. The third-order valence-electron chi connectivity index (χ3n) is 4.56. The predicted molar refractivity (Wildman–Crippen MR) is 108 cm³/mol. The molecule has 130 valence electrons. The summed E-state index contributed by atoms with van der Waals surface area (Å²) in [6.45, 7) is 5.41. The van der Waals surface area contributed by atoms with Crippen molar-refractivity contribution in [2.75, 3.05) is 23.3 Å². The van der Waals surface area contributed by atoms with Crippen LogP contribution in [-0.4, -0.2) is 23.1 Å². The van der Waals surface area contributed by atoms with E-state index in [2.05, 4.69) is 41.1 Å². The summed E-state index contributed by atoms with van der Waals surface area (Å²) in [5.74, 6) is 2.48. The van der Waals surface area contributed by atoms with E-state index in [1.807, 2.05) is 42.5 Å². The highest BCUT2D eigenvalue weighted by Gasteiger charge is 2.20. The molecule has 0 radical (unpaired) electrons. The van der Waals surface area contributed by atoms with Crippen LogP contribution >= 0.6 is 0 Å². The van der Waals surface area contributed by atoms with Gasteiger partial charge in [0.2, 0.25) is 0 Å². The van der Waals surface area contributed by atoms with E-state index in [-0.39, 0.29) is 0 Å². The van der Waals surface area contributed by atoms with E-state index in [9.17, 15) is 0 Å². The van der Waals surface area contributed by atoms with Gasteiger partial charge in [0, 0.05) is 30.4 Å². The van der Waals surface area contributed by atoms with Gasteiger partial charge in [0.05, 0.1) is 0 Å². The third kappa shape index (κ3) is 3.31. The molecule has 0 amide bonds. The molecule has 1 aliphatic rings. The van der Waals surface area contributed by atoms with Gasteiger partial charge in [-0.15, -0.1) is 6.58 Å². The Morgan fingerprint density at radius 2 is 1.85 bits per heavy atom. The van der Waals surface area contributed by atoms with Crippen LogP contribution < -0.4 is 10.2 Å². The maximum Gasteiger partial charge on any atom is 0.163 e. The van der Waals surface area contributed by atoms with Crippen molar-refractivity contribution in [2.45, 2.75) is 12.8 Å². The van der Waals surface area contributed by atoms with Crippen LogP contribution in [0, 0.1) is 0 Å². The molecular formula is C22H22N4. The van der Waals surface area contributed by atoms with Crippen LogP contribution in [0.2, 0.25) is 0 Å². The number of benzene rings is 2. The predicted octanol–water partition coefficient (Wildman–Crippen LogP) is 4.83. The average Bonchev–Trinajstić information content (AvgIpc) is 2.72. The number of nitrogens with one attached hydrogen (secondary N) is 1. The lowest BCUT2D eigenvalue weighted by atomic mass is 10.0. The van der Waals surface area contributed by atoms with Crippen molar-refractivity contribution in [3.05, 3.63) is 78.9 Å². The molecule has 2 heterocycles. The van der Waals surface area contributed by atoms with Crippen LogP contribution in [0.25, 0.3) is 11.4 Å². The van der Waals surface area contributed by atoms with Gasteiger partial charge in [-0.05, 0) is 24.5 Å². The van der Waals surface area contributed by atoms with Crippen molar-refractivity contribution < 1.29 is 0 Å². The molecule has 0 unspecified atom stereocenters. The molecule has 0 fully saturated rings. The van der Waals surface area contributed by atoms with Gasteiger partial charge in [0.15, 0.2) is 5.82 Å². The summed E-state index contributed by atoms with van der Waals surface area (Å²) in [6.07, 6.45) is 4.07. The fourth-order valence-corrected chi connectivity index (χ4v) is 3.33. The zero-order valence-corrected chi connectivity index (χ0v) is 14.7. The maximum atomic E-state index is 4.88. The first-order valence-corrected chi connectivity index (χ1v) is 9.00. The first-order chi connectivity index (χ1) is 12.8. The monoisotopic (exact) mass is 342 g/mol. The van der Waals surface area contributed by atoms with Crippen LogP contribution in [0.5, 0.6) is 0 Å². The van der Waals surface area contributed by atoms with Crippen molar-refractivity contribution in [1.82, 2.24) is 9.97 Å². The van der Waals surface area contributed by atoms with E-state index in [1.54, 1.807) is 0 Å². The molecule has 0 spiro atoms. The topological polar surface area (TPSA) is 41.0 Å². The Kier molecular flexibility index (Phi) is 4.65. The van der Waals surface area contributed by atoms with Crippen LogP contribution in [0.3, 0.4) is 0 Å². The lowest BCUT2D eigenvalue weighted by molar-refractivity contribution is 0.759. The van der Waals surface area contributed by atoms with Gasteiger partial charge in [-0.25, -0.2) is 9.97 Å². The van der Waals surface area contributed by atoms with Crippen LogP contribution in [-0.2, 0) is 6.42 Å². The lowest BCUT2D eigenvalue weighted by Crippen LogP contribution is -2.25. The number of aromatic nitrogens is 2. The molecule has 4 nitrogen and oxygen atoms in total. The van der Waals surface area contributed by atoms with E-state index in [4.69, 9.17) is 9.97 Å². The first kappa shape index (κ1) is 16.3. The second-order valence-corrected chi connectivity index (χ2v) is 6.35. The highest BCUT2D eigenvalue weighted by Crippen LogP contribution is 2.34. The molecule has 3 aromatic rings. The zero-order chi connectivity index (χ0) is 17.8. The summed E-state index contributed by atoms with van der Waals surface area (Å²) < 4.78 is 0. The number of aryl methyl sites for hydroxylation is 1. The summed E-state index contributed by atoms with van der Waals surface area (Å²) in [6, 6.07) is 20.7. The van der Waals surface area contributed by atoms with Gasteiger partial charge in [0.25, 0.3) is 0 Å². The number of rotatable bonds is 5. The first-order valence-electron chi connectivity index (χ1n) is 9.00. The van der Waals surface area contributed by atoms with E-state index in [0.717, 1.165) is 42.4 Å². The number of nitrogens with zero attached hydrogens (tertiary/aromatic N) is 3. The van der Waals surface area contributed by atoms with E-state index >= 15 is 0 Å². The molecule has 4 rings (SSSR count). The number of fused-ring (bicyclic) bond motifs is 1. The minimum absolute atomic E-state index is 0.668. The minimum atomic E-state index is 0.668. The quantitative estimate of drug-likeness (QED) is 0.675. The molecule has 1 aromatic heterocycles. The zero-order valence-electron chi connectivity index (χ0n) is 14.7. The molecule has 1 aliphatic heterocycles. The smallest absolute Gasteiger partial charge is 0.163 e. The van der Waals surface area contributed by atoms with E-state index < -0.39 is 0 Å². The number of para-hydroxylation sites is 1. The molecule has 1 N–H and O–H groups in total. The van der Waals surface area contributed by atoms with Gasteiger partial charge in [-0.3, -0.25) is 0 Å². The van der Waals surface area contributed by atoms with Crippen molar-refractivity contribution >= 4 is 17.3 Å². The van der Waals surface area contributed by atoms with Crippen molar-refractivity contribution in [1.29, 1.82) is 0 Å². The van der Waals surface area contributed by atoms with Gasteiger partial charge in [-0.2, -0.15) is 0 Å². The Labute approximate surface area is 154 Å². The Morgan fingerprint density at radius 3 is 2.69 bits per heavy atom. The molecule has 26 heavy (non-hydrogen) atoms. The Bertz CT molecular complexity index is 905. The standard InChI is InChI=1S/C22H22N4/c1-2-14-23-20-16-21(25-22(24-20)18-10-4-3-5-11-18)26-15-8-12-17-9-6-7-13-19(17)26/h2-7,9-11,13,16H,1,8,12,14-15H2,(H,23,24,25). The minimum Gasteiger partial charge on any atom is -0.366 e. The molecule has 0 aliphatic carbocycles. The second-order valence-electron chi connectivity index (χ2n) is 6.35. The Balaban J connectivity index is 1.79. The van der Waals surface area contributed by atoms with Crippen LogP contribution in [0.1, 0.15) is 12.0 Å². The molecule has 0 saturated carbocycles. The summed E-state index contributed by atoms with van der Waals surface area (Å²) >= 11 is 0. The molecule has 0 bridgehead atoms. The average molecular weight is 342 g/mol. The van der Waals surface area contributed by atoms with Crippen LogP contribution in [0.4, 0.5) is 17.3 Å². The van der Waals surface area contributed by atoms with E-state index in [1.165, 1.54) is 11.3 Å². The number of hydrogen-bond donors (Lipinski definition) is 1. The van der Waals surface area contributed by atoms with Gasteiger partial charge in [-0.1, -0.05) is 54.6 Å². The fourth-order valence-electron chi connectivity index (χ4n) is 3.33. The van der Waals surface area contributed by atoms with Crippen LogP contribution in [0.15, 0.2) is 73.3 Å². The van der Waals surface area contributed by atoms with Gasteiger partial charge < -0.3 is 10.2 Å². The molecular weight excluding hydrogens is 320 g/mol. The molecule has 2 aromatic carbocycles. The van der Waals surface area contributed by atoms with E-state index in [0.29, 0.717) is 6.54 Å².